The number of aryl methyl sites for hydroxylation is 1. The van der Waals surface area contributed by atoms with Gasteiger partial charge in [-0.3, -0.25) is 14.4 Å². The molecular formula is C18H29N3O5. The maximum Gasteiger partial charge on any atom is 0.266 e. The second-order valence-electron chi connectivity index (χ2n) is 8.17. The molecule has 1 saturated heterocycles. The first kappa shape index (κ1) is 20.4. The van der Waals surface area contributed by atoms with E-state index in [2.05, 4.69) is 10.6 Å². The summed E-state index contributed by atoms with van der Waals surface area (Å²) in [7, 11) is 0. The molecule has 0 unspecified atom stereocenters. The largest absolute Gasteiger partial charge is 0.391 e. The van der Waals surface area contributed by atoms with Crippen LogP contribution in [-0.4, -0.2) is 51.3 Å². The quantitative estimate of drug-likeness (QED) is 0.765. The summed E-state index contributed by atoms with van der Waals surface area (Å²) in [6.45, 7) is 11.1. The van der Waals surface area contributed by atoms with Crippen LogP contribution in [-0.2, 0) is 14.4 Å². The van der Waals surface area contributed by atoms with Crippen LogP contribution >= 0.6 is 0 Å². The van der Waals surface area contributed by atoms with Crippen molar-refractivity contribution < 1.29 is 24.1 Å². The van der Waals surface area contributed by atoms with E-state index < -0.39 is 29.6 Å². The zero-order valence-electron chi connectivity index (χ0n) is 16.3. The smallest absolute Gasteiger partial charge is 0.266 e. The molecule has 2 N–H and O–H groups in total. The fourth-order valence-corrected chi connectivity index (χ4v) is 3.02. The van der Waals surface area contributed by atoms with Crippen LogP contribution in [0.2, 0.25) is 0 Å². The van der Waals surface area contributed by atoms with Gasteiger partial charge in [-0.2, -0.15) is 0 Å². The van der Waals surface area contributed by atoms with Crippen molar-refractivity contribution in [2.24, 2.45) is 5.92 Å². The monoisotopic (exact) mass is 367 g/mol. The van der Waals surface area contributed by atoms with Gasteiger partial charge in [-0.25, -0.2) is 5.48 Å². The summed E-state index contributed by atoms with van der Waals surface area (Å²) in [5, 5.41) is 13.9. The molecule has 146 valence electrons. The number of aliphatic hydroxyl groups is 1. The Bertz CT molecular complexity index is 649. The molecule has 1 fully saturated rings. The van der Waals surface area contributed by atoms with Gasteiger partial charge in [-0.1, -0.05) is 19.0 Å². The lowest BCUT2D eigenvalue weighted by atomic mass is 9.91. The minimum Gasteiger partial charge on any atom is -0.391 e. The summed E-state index contributed by atoms with van der Waals surface area (Å²) in [6.07, 6.45) is -0.584. The summed E-state index contributed by atoms with van der Waals surface area (Å²) >= 11 is 0. The summed E-state index contributed by atoms with van der Waals surface area (Å²) in [5.41, 5.74) is 2.53. The number of amides is 2. The van der Waals surface area contributed by atoms with Crippen LogP contribution in [0.1, 0.15) is 58.4 Å². The van der Waals surface area contributed by atoms with Gasteiger partial charge < -0.3 is 14.5 Å². The van der Waals surface area contributed by atoms with Crippen LogP contribution in [0, 0.1) is 12.8 Å². The Kier molecular flexibility index (Phi) is 6.08. The number of nitrogens with one attached hydrogen (secondary N) is 1. The molecule has 2 amide bonds. The molecular weight excluding hydrogens is 338 g/mol. The molecule has 26 heavy (non-hydrogen) atoms. The van der Waals surface area contributed by atoms with Gasteiger partial charge in [-0.05, 0) is 33.6 Å². The predicted molar refractivity (Wildman–Crippen MR) is 93.9 cm³/mol. The minimum absolute atomic E-state index is 0.0536. The number of rotatable bonds is 5. The van der Waals surface area contributed by atoms with E-state index in [-0.39, 0.29) is 24.8 Å². The highest BCUT2D eigenvalue weighted by Crippen LogP contribution is 2.31. The molecule has 8 nitrogen and oxygen atoms in total. The summed E-state index contributed by atoms with van der Waals surface area (Å²) in [5.74, 6) is -0.860. The first-order valence-corrected chi connectivity index (χ1v) is 8.89. The van der Waals surface area contributed by atoms with Crippen molar-refractivity contribution in [3.8, 4) is 0 Å². The predicted octanol–water partition coefficient (Wildman–Crippen LogP) is 1.53. The highest BCUT2D eigenvalue weighted by Gasteiger charge is 2.43. The van der Waals surface area contributed by atoms with Gasteiger partial charge in [0.2, 0.25) is 5.91 Å². The molecule has 8 heteroatoms. The van der Waals surface area contributed by atoms with Crippen LogP contribution in [0.15, 0.2) is 10.6 Å². The molecule has 1 aromatic rings. The molecule has 0 aliphatic carbocycles. The number of aliphatic hydroxyl groups excluding tert-OH is 1. The number of hydrogen-bond acceptors (Lipinski definition) is 6. The standard InChI is InChI=1S/C18H29N3O5/c1-10(2)15(14-7-11(3)19-25-14)17(24)21-9-12(22)8-13(21)16(23)20-26-18(4,5)6/h7,10,12-13,15,22H,8-9H2,1-6H3,(H,20,23)/t12-,13+,15-/m1/s1. The van der Waals surface area contributed by atoms with Crippen molar-refractivity contribution in [2.45, 2.75) is 71.6 Å². The van der Waals surface area contributed by atoms with Crippen LogP contribution in [0.3, 0.4) is 0 Å². The van der Waals surface area contributed by atoms with Crippen molar-refractivity contribution in [2.75, 3.05) is 6.54 Å². The molecule has 1 aliphatic rings. The molecule has 2 heterocycles. The number of hydrogen-bond donors (Lipinski definition) is 2. The Labute approximate surface area is 153 Å². The Morgan fingerprint density at radius 1 is 1.42 bits per heavy atom. The minimum atomic E-state index is -0.787. The van der Waals surface area contributed by atoms with Gasteiger partial charge in [0.05, 0.1) is 17.4 Å². The average Bonchev–Trinajstić information content (AvgIpc) is 3.10. The zero-order valence-corrected chi connectivity index (χ0v) is 16.3. The lowest BCUT2D eigenvalue weighted by Gasteiger charge is -2.29. The van der Waals surface area contributed by atoms with Crippen LogP contribution < -0.4 is 5.48 Å². The number of carbonyl (C=O) groups is 2. The lowest BCUT2D eigenvalue weighted by Crippen LogP contribution is -2.49. The fourth-order valence-electron chi connectivity index (χ4n) is 3.02. The number of aromatic nitrogens is 1. The van der Waals surface area contributed by atoms with Gasteiger partial charge in [0.15, 0.2) is 0 Å². The van der Waals surface area contributed by atoms with Crippen molar-refractivity contribution in [1.29, 1.82) is 0 Å². The van der Waals surface area contributed by atoms with Gasteiger partial charge in [-0.15, -0.1) is 0 Å². The first-order chi connectivity index (χ1) is 12.0. The molecule has 0 bridgehead atoms. The first-order valence-electron chi connectivity index (χ1n) is 8.89. The maximum absolute atomic E-state index is 13.2. The van der Waals surface area contributed by atoms with E-state index in [4.69, 9.17) is 9.36 Å². The second-order valence-corrected chi connectivity index (χ2v) is 8.17. The normalized spacial score (nSPS) is 21.9. The second kappa shape index (κ2) is 7.75. The van der Waals surface area contributed by atoms with Gasteiger partial charge in [0, 0.05) is 19.0 Å². The van der Waals surface area contributed by atoms with Crippen molar-refractivity contribution in [1.82, 2.24) is 15.5 Å². The van der Waals surface area contributed by atoms with Crippen LogP contribution in [0.5, 0.6) is 0 Å². The highest BCUT2D eigenvalue weighted by atomic mass is 16.7. The molecule has 0 aromatic carbocycles. The Morgan fingerprint density at radius 2 is 2.08 bits per heavy atom. The van der Waals surface area contributed by atoms with E-state index in [9.17, 15) is 14.7 Å². The summed E-state index contributed by atoms with van der Waals surface area (Å²) in [6, 6.07) is 0.942. The number of β-amino-alcohol motifs (C(OH)–C–C–N with tert-alkyl or cyclic N) is 1. The van der Waals surface area contributed by atoms with E-state index in [1.165, 1.54) is 4.90 Å². The number of nitrogens with zero attached hydrogens (tertiary/aromatic N) is 2. The Hall–Kier alpha value is -1.93. The fraction of sp³-hybridized carbons (Fsp3) is 0.722. The Balaban J connectivity index is 2.19. The topological polar surface area (TPSA) is 105 Å². The maximum atomic E-state index is 13.2. The molecule has 2 rings (SSSR count). The van der Waals surface area contributed by atoms with Crippen molar-refractivity contribution in [3.05, 3.63) is 17.5 Å². The summed E-state index contributed by atoms with van der Waals surface area (Å²) < 4.78 is 5.30. The van der Waals surface area contributed by atoms with Crippen LogP contribution in [0.25, 0.3) is 0 Å². The molecule has 1 aromatic heterocycles. The highest BCUT2D eigenvalue weighted by molar-refractivity contribution is 5.90. The average molecular weight is 367 g/mol. The number of carbonyl (C=O) groups excluding carboxylic acids is 2. The van der Waals surface area contributed by atoms with Gasteiger partial charge >= 0.3 is 0 Å². The van der Waals surface area contributed by atoms with Crippen molar-refractivity contribution >= 4 is 11.8 Å². The molecule has 1 aliphatic heterocycles. The van der Waals surface area contributed by atoms with Crippen LogP contribution in [0.4, 0.5) is 0 Å². The van der Waals surface area contributed by atoms with E-state index >= 15 is 0 Å². The molecule has 0 radical (unpaired) electrons. The SMILES string of the molecule is Cc1cc([C@H](C(=O)N2C[C@H](O)C[C@H]2C(=O)NOC(C)(C)C)C(C)C)on1. The molecule has 0 spiro atoms. The van der Waals surface area contributed by atoms with E-state index in [0.29, 0.717) is 11.5 Å². The third kappa shape index (κ3) is 4.82. The van der Waals surface area contributed by atoms with Gasteiger partial charge in [0.1, 0.15) is 17.7 Å². The number of hydroxylamine groups is 1. The molecule has 3 atom stereocenters. The summed E-state index contributed by atoms with van der Waals surface area (Å²) in [4.78, 5) is 32.4. The Morgan fingerprint density at radius 3 is 2.58 bits per heavy atom. The van der Waals surface area contributed by atoms with E-state index in [0.717, 1.165) is 0 Å². The van der Waals surface area contributed by atoms with E-state index in [1.807, 2.05) is 13.8 Å². The third-order valence-corrected chi connectivity index (χ3v) is 4.21. The van der Waals surface area contributed by atoms with Crippen molar-refractivity contribution in [3.63, 3.8) is 0 Å². The van der Waals surface area contributed by atoms with Gasteiger partial charge in [0.25, 0.3) is 5.91 Å². The lowest BCUT2D eigenvalue weighted by molar-refractivity contribution is -0.154. The molecule has 0 saturated carbocycles. The zero-order chi connectivity index (χ0) is 19.6. The van der Waals surface area contributed by atoms with E-state index in [1.54, 1.807) is 33.8 Å². The third-order valence-electron chi connectivity index (χ3n) is 4.21. The number of likely N-dealkylation sites (tertiary alicyclic amines) is 1.